The van der Waals surface area contributed by atoms with Crippen molar-refractivity contribution in [3.05, 3.63) is 64.6 Å². The third kappa shape index (κ3) is 4.03. The Morgan fingerprint density at radius 1 is 1.17 bits per heavy atom. The summed E-state index contributed by atoms with van der Waals surface area (Å²) in [5, 5.41) is 0.929. The maximum absolute atomic E-state index is 13.7. The van der Waals surface area contributed by atoms with Crippen LogP contribution in [0.2, 0.25) is 0 Å². The molecule has 2 atom stereocenters. The molecule has 4 heterocycles. The van der Waals surface area contributed by atoms with E-state index < -0.39 is 23.6 Å². The van der Waals surface area contributed by atoms with Crippen LogP contribution in [0.25, 0.3) is 33.1 Å². The summed E-state index contributed by atoms with van der Waals surface area (Å²) in [4.78, 5) is 38.5. The van der Waals surface area contributed by atoms with E-state index in [-0.39, 0.29) is 30.0 Å². The first-order valence-corrected chi connectivity index (χ1v) is 10.9. The Morgan fingerprint density at radius 3 is 2.63 bits per heavy atom. The molecular formula is C25H21F3N4O3. The van der Waals surface area contributed by atoms with Gasteiger partial charge in [0.05, 0.1) is 28.2 Å². The second kappa shape index (κ2) is 8.46. The lowest BCUT2D eigenvalue weighted by Crippen LogP contribution is -2.34. The second-order valence-corrected chi connectivity index (χ2v) is 8.57. The number of nitrogens with one attached hydrogen (secondary N) is 1. The van der Waals surface area contributed by atoms with Gasteiger partial charge in [-0.2, -0.15) is 13.2 Å². The molecular weight excluding hydrogens is 461 g/mol. The Balaban J connectivity index is 1.71. The van der Waals surface area contributed by atoms with Gasteiger partial charge in [-0.3, -0.25) is 14.6 Å². The molecule has 1 aromatic carbocycles. The van der Waals surface area contributed by atoms with Gasteiger partial charge in [-0.15, -0.1) is 0 Å². The van der Waals surface area contributed by atoms with Crippen molar-refractivity contribution in [2.45, 2.75) is 19.2 Å². The minimum absolute atomic E-state index is 0.00473. The summed E-state index contributed by atoms with van der Waals surface area (Å²) in [5.41, 5.74) is 1.50. The van der Waals surface area contributed by atoms with Crippen molar-refractivity contribution >= 4 is 33.4 Å². The molecule has 0 saturated carbocycles. The molecule has 0 radical (unpaired) electrons. The molecule has 1 saturated heterocycles. The lowest BCUT2D eigenvalue weighted by atomic mass is 10.1. The summed E-state index contributed by atoms with van der Waals surface area (Å²) in [6, 6.07) is 12.0. The fraction of sp³-hybridized carbons (Fsp3) is 0.280. The van der Waals surface area contributed by atoms with E-state index in [9.17, 15) is 22.8 Å². The number of carbonyl (C=O) groups excluding carboxylic acids is 1. The van der Waals surface area contributed by atoms with Crippen molar-refractivity contribution in [2.24, 2.45) is 5.92 Å². The van der Waals surface area contributed by atoms with Crippen LogP contribution < -0.4 is 10.3 Å². The van der Waals surface area contributed by atoms with E-state index in [2.05, 4.69) is 15.0 Å². The largest absolute Gasteiger partial charge is 0.396 e. The lowest BCUT2D eigenvalue weighted by Gasteiger charge is -2.22. The average molecular weight is 482 g/mol. The van der Waals surface area contributed by atoms with Gasteiger partial charge >= 0.3 is 6.18 Å². The molecule has 1 fully saturated rings. The van der Waals surface area contributed by atoms with Crippen molar-refractivity contribution in [3.8, 4) is 11.3 Å². The number of pyridine rings is 3. The van der Waals surface area contributed by atoms with E-state index in [4.69, 9.17) is 4.74 Å². The smallest absolute Gasteiger partial charge is 0.379 e. The maximum Gasteiger partial charge on any atom is 0.396 e. The van der Waals surface area contributed by atoms with Crippen LogP contribution >= 0.6 is 0 Å². The zero-order valence-electron chi connectivity index (χ0n) is 18.9. The van der Waals surface area contributed by atoms with Crippen molar-refractivity contribution < 1.29 is 22.7 Å². The summed E-state index contributed by atoms with van der Waals surface area (Å²) in [6.45, 7) is 1.00. The van der Waals surface area contributed by atoms with Crippen molar-refractivity contribution in [2.75, 3.05) is 25.1 Å². The number of methoxy groups -OCH3 is 1. The van der Waals surface area contributed by atoms with Crippen LogP contribution in [-0.4, -0.2) is 53.2 Å². The molecule has 180 valence electrons. The Labute approximate surface area is 197 Å². The van der Waals surface area contributed by atoms with Gasteiger partial charge in [-0.1, -0.05) is 18.2 Å². The standard InChI is InChI=1S/C25H21F3N4O3/c1-13(33)23-22-18(7-8-29-23)30-19(10-20(22)34)15-9-14-5-3-4-6-17(14)31-24(15)32-11-16(25(26,27)28)21(12-32)35-2/h3-10,16,21H,11-12H2,1-2H3,(H,30,34)/t16-,21+/m0/s1. The topological polar surface area (TPSA) is 88.2 Å². The number of ether oxygens (including phenoxy) is 1. The molecule has 1 aliphatic rings. The maximum atomic E-state index is 13.7. The van der Waals surface area contributed by atoms with Crippen LogP contribution in [0.15, 0.2) is 53.5 Å². The van der Waals surface area contributed by atoms with Crippen LogP contribution in [-0.2, 0) is 4.74 Å². The number of halogens is 3. The summed E-state index contributed by atoms with van der Waals surface area (Å²) >= 11 is 0. The highest BCUT2D eigenvalue weighted by Crippen LogP contribution is 2.40. The van der Waals surface area contributed by atoms with E-state index in [0.29, 0.717) is 28.1 Å². The van der Waals surface area contributed by atoms with E-state index >= 15 is 0 Å². The minimum Gasteiger partial charge on any atom is -0.379 e. The van der Waals surface area contributed by atoms with Crippen LogP contribution in [0.4, 0.5) is 19.0 Å². The van der Waals surface area contributed by atoms with Crippen molar-refractivity contribution in [3.63, 3.8) is 0 Å². The monoisotopic (exact) mass is 482 g/mol. The first kappa shape index (κ1) is 23.0. The number of alkyl halides is 3. The summed E-state index contributed by atoms with van der Waals surface area (Å²) < 4.78 is 46.2. The fourth-order valence-electron chi connectivity index (χ4n) is 4.66. The van der Waals surface area contributed by atoms with Gasteiger partial charge in [0.1, 0.15) is 17.4 Å². The van der Waals surface area contributed by atoms with Gasteiger partial charge in [0, 0.05) is 50.3 Å². The SMILES string of the molecule is CO[C@@H]1CN(c2nc3ccccc3cc2-c2cc(=O)c3c(C(C)=O)nccc3[nH]2)C[C@@H]1C(F)(F)F. The molecule has 4 aromatic rings. The Kier molecular flexibility index (Phi) is 5.55. The highest BCUT2D eigenvalue weighted by Gasteiger charge is 2.50. The molecule has 0 bridgehead atoms. The third-order valence-electron chi connectivity index (χ3n) is 6.36. The zero-order chi connectivity index (χ0) is 24.9. The molecule has 1 N–H and O–H groups in total. The number of Topliss-reactive ketones (excluding diaryl/α,β-unsaturated/α-hetero) is 1. The highest BCUT2D eigenvalue weighted by atomic mass is 19.4. The van der Waals surface area contributed by atoms with Gasteiger partial charge in [-0.05, 0) is 18.2 Å². The summed E-state index contributed by atoms with van der Waals surface area (Å²) in [5.74, 6) is -1.70. The Morgan fingerprint density at radius 2 is 1.94 bits per heavy atom. The van der Waals surface area contributed by atoms with E-state index in [1.54, 1.807) is 29.2 Å². The molecule has 0 spiro atoms. The molecule has 10 heteroatoms. The van der Waals surface area contributed by atoms with Crippen molar-refractivity contribution in [1.82, 2.24) is 15.0 Å². The fourth-order valence-corrected chi connectivity index (χ4v) is 4.66. The third-order valence-corrected chi connectivity index (χ3v) is 6.36. The molecule has 1 aliphatic heterocycles. The quantitative estimate of drug-likeness (QED) is 0.435. The number of ketones is 1. The molecule has 0 amide bonds. The molecule has 0 unspecified atom stereocenters. The number of fused-ring (bicyclic) bond motifs is 2. The number of hydrogen-bond donors (Lipinski definition) is 1. The number of benzene rings is 1. The number of aromatic amines is 1. The Bertz CT molecular complexity index is 1520. The number of nitrogens with zero attached hydrogens (tertiary/aromatic N) is 3. The van der Waals surface area contributed by atoms with Crippen LogP contribution in [0.3, 0.4) is 0 Å². The van der Waals surface area contributed by atoms with Crippen LogP contribution in [0.5, 0.6) is 0 Å². The molecule has 35 heavy (non-hydrogen) atoms. The number of carbonyl (C=O) groups is 1. The van der Waals surface area contributed by atoms with Gasteiger partial charge < -0.3 is 14.6 Å². The van der Waals surface area contributed by atoms with Crippen LogP contribution in [0, 0.1) is 5.92 Å². The second-order valence-electron chi connectivity index (χ2n) is 8.57. The van der Waals surface area contributed by atoms with Gasteiger partial charge in [-0.25, -0.2) is 4.98 Å². The zero-order valence-corrected chi connectivity index (χ0v) is 18.9. The van der Waals surface area contributed by atoms with Crippen LogP contribution in [0.1, 0.15) is 17.4 Å². The average Bonchev–Trinajstić information content (AvgIpc) is 3.28. The predicted molar refractivity (Wildman–Crippen MR) is 126 cm³/mol. The minimum atomic E-state index is -4.43. The van der Waals surface area contributed by atoms with Crippen molar-refractivity contribution in [1.29, 1.82) is 0 Å². The van der Waals surface area contributed by atoms with Gasteiger partial charge in [0.25, 0.3) is 0 Å². The number of anilines is 1. The van der Waals surface area contributed by atoms with Gasteiger partial charge in [0.2, 0.25) is 0 Å². The predicted octanol–water partition coefficient (Wildman–Crippen LogP) is 4.35. The molecule has 0 aliphatic carbocycles. The normalized spacial score (nSPS) is 18.5. The van der Waals surface area contributed by atoms with E-state index in [1.807, 2.05) is 12.1 Å². The van der Waals surface area contributed by atoms with Gasteiger partial charge in [0.15, 0.2) is 11.2 Å². The first-order chi connectivity index (χ1) is 16.7. The van der Waals surface area contributed by atoms with E-state index in [0.717, 1.165) is 5.39 Å². The summed E-state index contributed by atoms with van der Waals surface area (Å²) in [7, 11) is 1.27. The molecule has 3 aromatic heterocycles. The number of aromatic nitrogens is 3. The number of H-pyrrole nitrogens is 1. The molecule has 7 nitrogen and oxygen atoms in total. The highest BCUT2D eigenvalue weighted by molar-refractivity contribution is 6.04. The summed E-state index contributed by atoms with van der Waals surface area (Å²) in [6.07, 6.45) is -4.05. The first-order valence-electron chi connectivity index (χ1n) is 10.9. The molecule has 5 rings (SSSR count). The van der Waals surface area contributed by atoms with E-state index in [1.165, 1.54) is 26.3 Å². The number of hydrogen-bond acceptors (Lipinski definition) is 6. The Hall–Kier alpha value is -3.79. The lowest BCUT2D eigenvalue weighted by molar-refractivity contribution is -0.191. The number of rotatable bonds is 4. The number of para-hydroxylation sites is 1.